The van der Waals surface area contributed by atoms with Crippen molar-refractivity contribution in [3.8, 4) is 5.82 Å². The predicted octanol–water partition coefficient (Wildman–Crippen LogP) is 1.01. The molecule has 1 aliphatic carbocycles. The van der Waals surface area contributed by atoms with E-state index in [9.17, 15) is 4.79 Å². The van der Waals surface area contributed by atoms with E-state index in [-0.39, 0.29) is 11.8 Å². The number of carbonyl (C=O) groups is 1. The molecule has 17 heavy (non-hydrogen) atoms. The highest BCUT2D eigenvalue weighted by molar-refractivity contribution is 5.93. The van der Waals surface area contributed by atoms with Crippen LogP contribution < -0.4 is 5.32 Å². The van der Waals surface area contributed by atoms with E-state index < -0.39 is 0 Å². The van der Waals surface area contributed by atoms with Gasteiger partial charge < -0.3 is 5.32 Å². The average molecular weight is 229 g/mol. The topological polar surface area (TPSA) is 72.7 Å². The molecule has 2 aromatic rings. The van der Waals surface area contributed by atoms with Crippen molar-refractivity contribution in [2.75, 3.05) is 5.32 Å². The fourth-order valence-corrected chi connectivity index (χ4v) is 1.51. The van der Waals surface area contributed by atoms with Crippen LogP contribution in [0, 0.1) is 5.92 Å². The van der Waals surface area contributed by atoms with Crippen LogP contribution in [0.5, 0.6) is 0 Å². The van der Waals surface area contributed by atoms with Gasteiger partial charge in [-0.1, -0.05) is 0 Å². The first-order valence-electron chi connectivity index (χ1n) is 5.45. The van der Waals surface area contributed by atoms with Crippen LogP contribution >= 0.6 is 0 Å². The maximum absolute atomic E-state index is 11.5. The smallest absolute Gasteiger partial charge is 0.227 e. The fraction of sp³-hybridized carbons (Fsp3) is 0.273. The molecule has 0 atom stereocenters. The van der Waals surface area contributed by atoms with Crippen molar-refractivity contribution in [1.29, 1.82) is 0 Å². The van der Waals surface area contributed by atoms with Crippen LogP contribution in [0.3, 0.4) is 0 Å². The molecule has 1 saturated carbocycles. The second kappa shape index (κ2) is 3.97. The van der Waals surface area contributed by atoms with E-state index in [1.807, 2.05) is 6.07 Å². The SMILES string of the molecule is O=C(Nc1ccc(-n2cncn2)nc1)C1CC1. The summed E-state index contributed by atoms with van der Waals surface area (Å²) < 4.78 is 1.56. The first-order chi connectivity index (χ1) is 8.33. The lowest BCUT2D eigenvalue weighted by molar-refractivity contribution is -0.117. The van der Waals surface area contributed by atoms with E-state index in [1.165, 1.54) is 6.33 Å². The molecule has 1 aliphatic rings. The normalized spacial score (nSPS) is 14.6. The molecule has 3 rings (SSSR count). The van der Waals surface area contributed by atoms with Gasteiger partial charge in [0.2, 0.25) is 5.91 Å². The number of hydrogen-bond acceptors (Lipinski definition) is 4. The maximum atomic E-state index is 11.5. The van der Waals surface area contributed by atoms with Crippen LogP contribution in [0.15, 0.2) is 31.0 Å². The van der Waals surface area contributed by atoms with Crippen molar-refractivity contribution >= 4 is 11.6 Å². The largest absolute Gasteiger partial charge is 0.324 e. The highest BCUT2D eigenvalue weighted by Crippen LogP contribution is 2.30. The Balaban J connectivity index is 1.73. The zero-order chi connectivity index (χ0) is 11.7. The molecule has 2 aromatic heterocycles. The Labute approximate surface area is 97.7 Å². The molecule has 6 heteroatoms. The van der Waals surface area contributed by atoms with Gasteiger partial charge in [-0.15, -0.1) is 0 Å². The third-order valence-electron chi connectivity index (χ3n) is 2.62. The monoisotopic (exact) mass is 229 g/mol. The number of aromatic nitrogens is 4. The van der Waals surface area contributed by atoms with Crippen molar-refractivity contribution in [3.63, 3.8) is 0 Å². The van der Waals surface area contributed by atoms with Gasteiger partial charge in [0.25, 0.3) is 0 Å². The Hall–Kier alpha value is -2.24. The van der Waals surface area contributed by atoms with E-state index in [0.29, 0.717) is 11.5 Å². The first kappa shape index (κ1) is 9.95. The Bertz CT molecular complexity index is 515. The molecule has 6 nitrogen and oxygen atoms in total. The number of nitrogens with one attached hydrogen (secondary N) is 1. The molecule has 0 saturated heterocycles. The number of hydrogen-bond donors (Lipinski definition) is 1. The summed E-state index contributed by atoms with van der Waals surface area (Å²) in [6.07, 6.45) is 6.64. The molecular formula is C11H11N5O. The standard InChI is InChI=1S/C11H11N5O/c17-11(8-1-2-8)15-9-3-4-10(13-5-9)16-7-12-6-14-16/h3-8H,1-2H2,(H,15,17). The number of carbonyl (C=O) groups excluding carboxylic acids is 1. The fourth-order valence-electron chi connectivity index (χ4n) is 1.51. The summed E-state index contributed by atoms with van der Waals surface area (Å²) in [5, 5.41) is 6.80. The Morgan fingerprint density at radius 1 is 1.41 bits per heavy atom. The maximum Gasteiger partial charge on any atom is 0.227 e. The number of rotatable bonds is 3. The number of pyridine rings is 1. The Morgan fingerprint density at radius 3 is 2.88 bits per heavy atom. The van der Waals surface area contributed by atoms with Crippen molar-refractivity contribution in [3.05, 3.63) is 31.0 Å². The van der Waals surface area contributed by atoms with E-state index in [0.717, 1.165) is 12.8 Å². The first-order valence-corrected chi connectivity index (χ1v) is 5.45. The second-order valence-electron chi connectivity index (χ2n) is 4.01. The summed E-state index contributed by atoms with van der Waals surface area (Å²) in [6.45, 7) is 0. The molecule has 1 N–H and O–H groups in total. The molecular weight excluding hydrogens is 218 g/mol. The highest BCUT2D eigenvalue weighted by atomic mass is 16.2. The van der Waals surface area contributed by atoms with Crippen molar-refractivity contribution in [2.24, 2.45) is 5.92 Å². The van der Waals surface area contributed by atoms with Gasteiger partial charge in [-0.25, -0.2) is 14.6 Å². The van der Waals surface area contributed by atoms with Crippen LogP contribution in [0.1, 0.15) is 12.8 Å². The molecule has 86 valence electrons. The third-order valence-corrected chi connectivity index (χ3v) is 2.62. The number of amides is 1. The molecule has 2 heterocycles. The predicted molar refractivity (Wildman–Crippen MR) is 60.5 cm³/mol. The van der Waals surface area contributed by atoms with Crippen molar-refractivity contribution in [2.45, 2.75) is 12.8 Å². The number of anilines is 1. The minimum atomic E-state index is 0.0836. The quantitative estimate of drug-likeness (QED) is 0.852. The third kappa shape index (κ3) is 2.15. The van der Waals surface area contributed by atoms with Crippen LogP contribution in [-0.4, -0.2) is 25.7 Å². The molecule has 0 aliphatic heterocycles. The van der Waals surface area contributed by atoms with Gasteiger partial charge in [0, 0.05) is 5.92 Å². The van der Waals surface area contributed by atoms with Gasteiger partial charge in [0.15, 0.2) is 5.82 Å². The zero-order valence-corrected chi connectivity index (χ0v) is 9.08. The summed E-state index contributed by atoms with van der Waals surface area (Å²) in [7, 11) is 0. The van der Waals surface area contributed by atoms with Gasteiger partial charge in [-0.3, -0.25) is 4.79 Å². The number of nitrogens with zero attached hydrogens (tertiary/aromatic N) is 4. The Morgan fingerprint density at radius 2 is 2.29 bits per heavy atom. The summed E-state index contributed by atoms with van der Waals surface area (Å²) >= 11 is 0. The van der Waals surface area contributed by atoms with E-state index in [1.54, 1.807) is 23.3 Å². The summed E-state index contributed by atoms with van der Waals surface area (Å²) in [4.78, 5) is 19.6. The minimum absolute atomic E-state index is 0.0836. The minimum Gasteiger partial charge on any atom is -0.324 e. The van der Waals surface area contributed by atoms with Gasteiger partial charge in [-0.05, 0) is 25.0 Å². The molecule has 0 bridgehead atoms. The van der Waals surface area contributed by atoms with Crippen LogP contribution in [0.25, 0.3) is 5.82 Å². The van der Waals surface area contributed by atoms with E-state index in [2.05, 4.69) is 20.4 Å². The molecule has 0 aromatic carbocycles. The lowest BCUT2D eigenvalue weighted by Crippen LogP contribution is -2.13. The molecule has 1 amide bonds. The zero-order valence-electron chi connectivity index (χ0n) is 9.08. The molecule has 0 spiro atoms. The highest BCUT2D eigenvalue weighted by Gasteiger charge is 2.29. The molecule has 0 radical (unpaired) electrons. The average Bonchev–Trinajstić information content (AvgIpc) is 3.07. The van der Waals surface area contributed by atoms with Gasteiger partial charge >= 0.3 is 0 Å². The van der Waals surface area contributed by atoms with Gasteiger partial charge in [-0.2, -0.15) is 5.10 Å². The van der Waals surface area contributed by atoms with Crippen LogP contribution in [0.2, 0.25) is 0 Å². The van der Waals surface area contributed by atoms with E-state index in [4.69, 9.17) is 0 Å². The van der Waals surface area contributed by atoms with Gasteiger partial charge in [0.05, 0.1) is 11.9 Å². The summed E-state index contributed by atoms with van der Waals surface area (Å²) in [5.41, 5.74) is 0.714. The van der Waals surface area contributed by atoms with E-state index >= 15 is 0 Å². The van der Waals surface area contributed by atoms with Crippen LogP contribution in [-0.2, 0) is 4.79 Å². The van der Waals surface area contributed by atoms with Crippen LogP contribution in [0.4, 0.5) is 5.69 Å². The van der Waals surface area contributed by atoms with Crippen molar-refractivity contribution < 1.29 is 4.79 Å². The van der Waals surface area contributed by atoms with Gasteiger partial charge in [0.1, 0.15) is 12.7 Å². The molecule has 0 unspecified atom stereocenters. The lowest BCUT2D eigenvalue weighted by Gasteiger charge is -2.04. The van der Waals surface area contributed by atoms with Crippen molar-refractivity contribution in [1.82, 2.24) is 19.7 Å². The molecule has 1 fully saturated rings. The Kier molecular flexibility index (Phi) is 2.32. The second-order valence-corrected chi connectivity index (χ2v) is 4.01. The summed E-state index contributed by atoms with van der Waals surface area (Å²) in [5.74, 6) is 0.956. The lowest BCUT2D eigenvalue weighted by atomic mass is 10.3. The summed E-state index contributed by atoms with van der Waals surface area (Å²) in [6, 6.07) is 3.60.